The number of hydrogen-bond acceptors (Lipinski definition) is 2. The van der Waals surface area contributed by atoms with E-state index in [1.165, 1.54) is 57.1 Å². The first kappa shape index (κ1) is 13.1. The van der Waals surface area contributed by atoms with Crippen molar-refractivity contribution in [2.24, 2.45) is 0 Å². The predicted octanol–water partition coefficient (Wildman–Crippen LogP) is 3.68. The molecule has 3 nitrogen and oxygen atoms in total. The number of aryl methyl sites for hydroxylation is 1. The number of nitrogen functional groups attached to an aromatic ring is 1. The second-order valence-electron chi connectivity index (χ2n) is 4.52. The van der Waals surface area contributed by atoms with E-state index in [4.69, 9.17) is 5.73 Å². The molecule has 0 amide bonds. The topological polar surface area (TPSA) is 54.7 Å². The third-order valence-corrected chi connectivity index (χ3v) is 2.95. The summed E-state index contributed by atoms with van der Waals surface area (Å²) in [7, 11) is 0. The van der Waals surface area contributed by atoms with E-state index in [0.29, 0.717) is 5.95 Å². The number of nitrogens with zero attached hydrogens (tertiary/aromatic N) is 1. The number of H-pyrrole nitrogens is 1. The standard InChI is InChI=1S/C13H25N3/c1-2-3-4-5-6-7-8-9-10-12-11-15-13(14)16-12/h11H,2-10H2,1H3,(H3,14,15,16). The molecule has 1 heterocycles. The van der Waals surface area contributed by atoms with Gasteiger partial charge in [-0.15, -0.1) is 0 Å². The Balaban J connectivity index is 1.88. The lowest BCUT2D eigenvalue weighted by Gasteiger charge is -2.00. The smallest absolute Gasteiger partial charge is 0.197 e. The molecule has 92 valence electrons. The van der Waals surface area contributed by atoms with E-state index < -0.39 is 0 Å². The molecular weight excluding hydrogens is 198 g/mol. The van der Waals surface area contributed by atoms with Crippen LogP contribution in [0.15, 0.2) is 6.20 Å². The normalized spacial score (nSPS) is 10.8. The van der Waals surface area contributed by atoms with Crippen molar-refractivity contribution in [2.45, 2.75) is 64.7 Å². The number of hydrogen-bond donors (Lipinski definition) is 2. The molecule has 0 radical (unpaired) electrons. The summed E-state index contributed by atoms with van der Waals surface area (Å²) < 4.78 is 0. The molecule has 16 heavy (non-hydrogen) atoms. The molecule has 0 aromatic carbocycles. The lowest BCUT2D eigenvalue weighted by atomic mass is 10.1. The van der Waals surface area contributed by atoms with Crippen molar-refractivity contribution in [3.63, 3.8) is 0 Å². The van der Waals surface area contributed by atoms with Gasteiger partial charge in [-0.2, -0.15) is 0 Å². The molecule has 1 aromatic heterocycles. The van der Waals surface area contributed by atoms with Crippen molar-refractivity contribution in [3.05, 3.63) is 11.9 Å². The van der Waals surface area contributed by atoms with Crippen molar-refractivity contribution >= 4 is 5.95 Å². The number of unbranched alkanes of at least 4 members (excludes halogenated alkanes) is 7. The Kier molecular flexibility index (Phi) is 6.70. The summed E-state index contributed by atoms with van der Waals surface area (Å²) in [6.45, 7) is 2.26. The molecule has 0 atom stereocenters. The van der Waals surface area contributed by atoms with Gasteiger partial charge in [-0.1, -0.05) is 51.9 Å². The zero-order valence-corrected chi connectivity index (χ0v) is 10.5. The Morgan fingerprint density at radius 1 is 1.06 bits per heavy atom. The van der Waals surface area contributed by atoms with E-state index in [1.54, 1.807) is 0 Å². The quantitative estimate of drug-likeness (QED) is 0.627. The van der Waals surface area contributed by atoms with Crippen LogP contribution in [-0.2, 0) is 6.42 Å². The minimum atomic E-state index is 0.537. The number of rotatable bonds is 9. The van der Waals surface area contributed by atoms with Gasteiger partial charge in [-0.3, -0.25) is 0 Å². The van der Waals surface area contributed by atoms with E-state index >= 15 is 0 Å². The minimum Gasteiger partial charge on any atom is -0.369 e. The molecule has 0 fully saturated rings. The van der Waals surface area contributed by atoms with E-state index in [2.05, 4.69) is 16.9 Å². The van der Waals surface area contributed by atoms with E-state index in [9.17, 15) is 0 Å². The van der Waals surface area contributed by atoms with E-state index in [-0.39, 0.29) is 0 Å². The van der Waals surface area contributed by atoms with Gasteiger partial charge in [0.2, 0.25) is 0 Å². The van der Waals surface area contributed by atoms with E-state index in [0.717, 1.165) is 6.42 Å². The van der Waals surface area contributed by atoms with Crippen LogP contribution in [0.2, 0.25) is 0 Å². The minimum absolute atomic E-state index is 0.537. The summed E-state index contributed by atoms with van der Waals surface area (Å²) in [5, 5.41) is 0. The Bertz CT molecular complexity index is 268. The molecule has 0 bridgehead atoms. The van der Waals surface area contributed by atoms with Gasteiger partial charge in [0.1, 0.15) is 0 Å². The van der Waals surface area contributed by atoms with Gasteiger partial charge in [0.25, 0.3) is 0 Å². The molecule has 1 rings (SSSR count). The van der Waals surface area contributed by atoms with Gasteiger partial charge in [-0.05, 0) is 12.8 Å². The van der Waals surface area contributed by atoms with Gasteiger partial charge in [0, 0.05) is 5.69 Å². The van der Waals surface area contributed by atoms with Crippen LogP contribution < -0.4 is 5.73 Å². The highest BCUT2D eigenvalue weighted by molar-refractivity contribution is 5.18. The van der Waals surface area contributed by atoms with Crippen LogP contribution in [0.1, 0.15) is 64.0 Å². The summed E-state index contributed by atoms with van der Waals surface area (Å²) in [5.74, 6) is 0.537. The molecule has 0 aliphatic heterocycles. The molecule has 0 unspecified atom stereocenters. The highest BCUT2D eigenvalue weighted by atomic mass is 15.0. The molecule has 0 saturated carbocycles. The fourth-order valence-corrected chi connectivity index (χ4v) is 1.95. The van der Waals surface area contributed by atoms with Crippen LogP contribution in [0, 0.1) is 0 Å². The summed E-state index contributed by atoms with van der Waals surface area (Å²) in [4.78, 5) is 7.05. The summed E-state index contributed by atoms with van der Waals surface area (Å²) in [6, 6.07) is 0. The van der Waals surface area contributed by atoms with Crippen LogP contribution in [0.5, 0.6) is 0 Å². The highest BCUT2D eigenvalue weighted by Crippen LogP contribution is 2.10. The van der Waals surface area contributed by atoms with Crippen molar-refractivity contribution in [2.75, 3.05) is 5.73 Å². The molecule has 3 heteroatoms. The number of imidazole rings is 1. The number of nitrogens with two attached hydrogens (primary N) is 1. The zero-order chi connectivity index (χ0) is 11.6. The van der Waals surface area contributed by atoms with Gasteiger partial charge >= 0.3 is 0 Å². The summed E-state index contributed by atoms with van der Waals surface area (Å²) in [6.07, 6.45) is 13.8. The second kappa shape index (κ2) is 8.20. The second-order valence-corrected chi connectivity index (χ2v) is 4.52. The Morgan fingerprint density at radius 2 is 1.69 bits per heavy atom. The summed E-state index contributed by atoms with van der Waals surface area (Å²) in [5.41, 5.74) is 6.68. The van der Waals surface area contributed by atoms with Crippen molar-refractivity contribution in [1.29, 1.82) is 0 Å². The number of aromatic amines is 1. The predicted molar refractivity (Wildman–Crippen MR) is 69.3 cm³/mol. The fraction of sp³-hybridized carbons (Fsp3) is 0.769. The first-order chi connectivity index (χ1) is 7.83. The Hall–Kier alpha value is -0.990. The summed E-state index contributed by atoms with van der Waals surface area (Å²) >= 11 is 0. The molecule has 1 aromatic rings. The lowest BCUT2D eigenvalue weighted by molar-refractivity contribution is 0.574. The third-order valence-electron chi connectivity index (χ3n) is 2.95. The maximum atomic E-state index is 5.51. The first-order valence-corrected chi connectivity index (χ1v) is 6.62. The average molecular weight is 223 g/mol. The molecule has 0 spiro atoms. The van der Waals surface area contributed by atoms with Crippen LogP contribution in [0.4, 0.5) is 5.95 Å². The largest absolute Gasteiger partial charge is 0.369 e. The van der Waals surface area contributed by atoms with Gasteiger partial charge in [0.15, 0.2) is 5.95 Å². The number of anilines is 1. The van der Waals surface area contributed by atoms with Gasteiger partial charge in [-0.25, -0.2) is 4.98 Å². The van der Waals surface area contributed by atoms with Gasteiger partial charge < -0.3 is 10.7 Å². The monoisotopic (exact) mass is 223 g/mol. The SMILES string of the molecule is CCCCCCCCCCc1cnc(N)[nH]1. The third kappa shape index (κ3) is 5.79. The van der Waals surface area contributed by atoms with Crippen LogP contribution in [0.25, 0.3) is 0 Å². The van der Waals surface area contributed by atoms with E-state index in [1.807, 2.05) is 6.20 Å². The van der Waals surface area contributed by atoms with Crippen LogP contribution in [0.3, 0.4) is 0 Å². The lowest BCUT2D eigenvalue weighted by Crippen LogP contribution is -1.89. The molecule has 3 N–H and O–H groups in total. The molecular formula is C13H25N3. The Labute approximate surface area is 98.8 Å². The molecule has 0 aliphatic rings. The van der Waals surface area contributed by atoms with Crippen molar-refractivity contribution in [3.8, 4) is 0 Å². The van der Waals surface area contributed by atoms with Gasteiger partial charge in [0.05, 0.1) is 6.20 Å². The van der Waals surface area contributed by atoms with Crippen LogP contribution >= 0.6 is 0 Å². The van der Waals surface area contributed by atoms with Crippen molar-refractivity contribution in [1.82, 2.24) is 9.97 Å². The Morgan fingerprint density at radius 3 is 2.25 bits per heavy atom. The maximum Gasteiger partial charge on any atom is 0.197 e. The maximum absolute atomic E-state index is 5.51. The average Bonchev–Trinajstić information content (AvgIpc) is 2.68. The molecule has 0 saturated heterocycles. The zero-order valence-electron chi connectivity index (χ0n) is 10.5. The highest BCUT2D eigenvalue weighted by Gasteiger charge is 1.97. The number of aromatic nitrogens is 2. The number of nitrogens with one attached hydrogen (secondary N) is 1. The molecule has 0 aliphatic carbocycles. The van der Waals surface area contributed by atoms with Crippen molar-refractivity contribution < 1.29 is 0 Å². The fourth-order valence-electron chi connectivity index (χ4n) is 1.95. The first-order valence-electron chi connectivity index (χ1n) is 6.62. The van der Waals surface area contributed by atoms with Crippen LogP contribution in [-0.4, -0.2) is 9.97 Å².